The normalized spacial score (nSPS) is 11.4. The number of hydrogen-bond donors (Lipinski definition) is 1. The molecule has 0 aromatic heterocycles. The number of nitrogens with zero attached hydrogens (tertiary/aromatic N) is 1. The van der Waals surface area contributed by atoms with Gasteiger partial charge in [-0.15, -0.1) is 0 Å². The number of rotatable bonds is 5. The third-order valence-corrected chi connectivity index (χ3v) is 3.22. The largest absolute Gasteiger partial charge is 0.396 e. The molecule has 1 N–H and O–H groups in total. The predicted octanol–water partition coefficient (Wildman–Crippen LogP) is 2.83. The quantitative estimate of drug-likeness (QED) is 0.887. The predicted molar refractivity (Wildman–Crippen MR) is 78.4 cm³/mol. The van der Waals surface area contributed by atoms with Crippen LogP contribution < -0.4 is 0 Å². The van der Waals surface area contributed by atoms with Gasteiger partial charge in [0.2, 0.25) is 0 Å². The Morgan fingerprint density at radius 2 is 1.89 bits per heavy atom. The van der Waals surface area contributed by atoms with Crippen LogP contribution in [0.4, 0.5) is 0 Å². The molecule has 0 bridgehead atoms. The van der Waals surface area contributed by atoms with E-state index in [0.29, 0.717) is 19.5 Å². The van der Waals surface area contributed by atoms with E-state index < -0.39 is 0 Å². The minimum Gasteiger partial charge on any atom is -0.396 e. The van der Waals surface area contributed by atoms with E-state index in [1.165, 1.54) is 0 Å². The summed E-state index contributed by atoms with van der Waals surface area (Å²) in [4.78, 5) is 14.4. The van der Waals surface area contributed by atoms with E-state index in [1.54, 1.807) is 4.90 Å². The van der Waals surface area contributed by atoms with Gasteiger partial charge in [0.1, 0.15) is 0 Å². The second-order valence-electron chi connectivity index (χ2n) is 5.76. The Morgan fingerprint density at radius 1 is 1.26 bits per heavy atom. The molecule has 0 atom stereocenters. The molecular weight excluding hydrogens is 238 g/mol. The molecule has 0 fully saturated rings. The van der Waals surface area contributed by atoms with Gasteiger partial charge in [-0.25, -0.2) is 0 Å². The van der Waals surface area contributed by atoms with Gasteiger partial charge >= 0.3 is 0 Å². The lowest BCUT2D eigenvalue weighted by Crippen LogP contribution is -2.34. The van der Waals surface area contributed by atoms with Crippen LogP contribution in [0.1, 0.15) is 50.0 Å². The maximum atomic E-state index is 12.6. The molecule has 0 spiro atoms. The highest BCUT2D eigenvalue weighted by Crippen LogP contribution is 2.26. The average molecular weight is 263 g/mol. The zero-order chi connectivity index (χ0) is 14.5. The lowest BCUT2D eigenvalue weighted by Gasteiger charge is -2.26. The number of carbonyl (C=O) groups is 1. The Kier molecular flexibility index (Phi) is 5.55. The van der Waals surface area contributed by atoms with Gasteiger partial charge in [-0.1, -0.05) is 39.0 Å². The fourth-order valence-electron chi connectivity index (χ4n) is 2.16. The Hall–Kier alpha value is -1.35. The van der Waals surface area contributed by atoms with Crippen molar-refractivity contribution in [2.75, 3.05) is 19.7 Å². The van der Waals surface area contributed by atoms with Crippen molar-refractivity contribution in [1.82, 2.24) is 4.90 Å². The fourth-order valence-corrected chi connectivity index (χ4v) is 2.16. The van der Waals surface area contributed by atoms with Gasteiger partial charge in [0.15, 0.2) is 0 Å². The number of aliphatic hydroxyl groups is 1. The molecule has 0 unspecified atom stereocenters. The van der Waals surface area contributed by atoms with Gasteiger partial charge in [0.25, 0.3) is 5.91 Å². The molecule has 0 saturated carbocycles. The maximum absolute atomic E-state index is 12.6. The number of benzene rings is 1. The molecule has 3 nitrogen and oxygen atoms in total. The van der Waals surface area contributed by atoms with Gasteiger partial charge in [0.05, 0.1) is 0 Å². The van der Waals surface area contributed by atoms with Crippen molar-refractivity contribution >= 4 is 5.91 Å². The van der Waals surface area contributed by atoms with Crippen LogP contribution in [0.3, 0.4) is 0 Å². The molecule has 19 heavy (non-hydrogen) atoms. The van der Waals surface area contributed by atoms with E-state index >= 15 is 0 Å². The minimum atomic E-state index is -0.0529. The Bertz CT molecular complexity index is 421. The Morgan fingerprint density at radius 3 is 2.42 bits per heavy atom. The summed E-state index contributed by atoms with van der Waals surface area (Å²) >= 11 is 0. The van der Waals surface area contributed by atoms with Gasteiger partial charge < -0.3 is 10.0 Å². The molecular formula is C16H25NO2. The van der Waals surface area contributed by atoms with Crippen molar-refractivity contribution in [3.8, 4) is 0 Å². The monoisotopic (exact) mass is 263 g/mol. The number of carbonyl (C=O) groups excluding carboxylic acids is 1. The van der Waals surface area contributed by atoms with Crippen LogP contribution in [0.2, 0.25) is 0 Å². The zero-order valence-electron chi connectivity index (χ0n) is 12.4. The summed E-state index contributed by atoms with van der Waals surface area (Å²) in [6.45, 7) is 9.69. The van der Waals surface area contributed by atoms with E-state index in [9.17, 15) is 4.79 Å². The molecule has 106 valence electrons. The summed E-state index contributed by atoms with van der Waals surface area (Å²) in [6.07, 6.45) is 0.622. The van der Waals surface area contributed by atoms with Crippen molar-refractivity contribution < 1.29 is 9.90 Å². The van der Waals surface area contributed by atoms with E-state index in [4.69, 9.17) is 5.11 Å². The lowest BCUT2D eigenvalue weighted by atomic mass is 9.83. The van der Waals surface area contributed by atoms with E-state index in [-0.39, 0.29) is 17.9 Å². The van der Waals surface area contributed by atoms with Crippen molar-refractivity contribution in [3.63, 3.8) is 0 Å². The highest BCUT2D eigenvalue weighted by Gasteiger charge is 2.23. The highest BCUT2D eigenvalue weighted by molar-refractivity contribution is 5.96. The van der Waals surface area contributed by atoms with Crippen molar-refractivity contribution in [2.24, 2.45) is 0 Å². The summed E-state index contributed by atoms with van der Waals surface area (Å²) < 4.78 is 0. The van der Waals surface area contributed by atoms with Gasteiger partial charge in [0, 0.05) is 25.3 Å². The molecule has 1 aromatic carbocycles. The van der Waals surface area contributed by atoms with Crippen LogP contribution in [0.5, 0.6) is 0 Å². The molecule has 0 aliphatic heterocycles. The first-order valence-electron chi connectivity index (χ1n) is 6.91. The zero-order valence-corrected chi connectivity index (χ0v) is 12.4. The molecule has 0 aliphatic rings. The lowest BCUT2D eigenvalue weighted by molar-refractivity contribution is 0.0751. The first kappa shape index (κ1) is 15.7. The maximum Gasteiger partial charge on any atom is 0.254 e. The molecule has 1 amide bonds. The first-order valence-corrected chi connectivity index (χ1v) is 6.91. The number of aliphatic hydroxyl groups excluding tert-OH is 1. The topological polar surface area (TPSA) is 40.5 Å². The summed E-state index contributed by atoms with van der Waals surface area (Å²) in [5.74, 6) is 0.0569. The van der Waals surface area contributed by atoms with Crippen molar-refractivity contribution in [3.05, 3.63) is 35.4 Å². The van der Waals surface area contributed by atoms with Crippen LogP contribution in [-0.2, 0) is 5.41 Å². The van der Waals surface area contributed by atoms with Crippen molar-refractivity contribution in [1.29, 1.82) is 0 Å². The van der Waals surface area contributed by atoms with Gasteiger partial charge in [-0.3, -0.25) is 4.79 Å². The standard InChI is InChI=1S/C16H25NO2/c1-5-17(11-8-12-18)15(19)13-9-6-7-10-14(13)16(2,3)4/h6-7,9-10,18H,5,8,11-12H2,1-4H3. The molecule has 1 aromatic rings. The van der Waals surface area contributed by atoms with Crippen LogP contribution in [0.15, 0.2) is 24.3 Å². The summed E-state index contributed by atoms with van der Waals surface area (Å²) in [6, 6.07) is 7.79. The molecule has 3 heteroatoms. The van der Waals surface area contributed by atoms with Crippen molar-refractivity contribution in [2.45, 2.75) is 39.5 Å². The molecule has 0 aliphatic carbocycles. The Labute approximate surface area is 116 Å². The third-order valence-electron chi connectivity index (χ3n) is 3.22. The van der Waals surface area contributed by atoms with E-state index in [1.807, 2.05) is 31.2 Å². The van der Waals surface area contributed by atoms with E-state index in [0.717, 1.165) is 11.1 Å². The van der Waals surface area contributed by atoms with Gasteiger partial charge in [-0.2, -0.15) is 0 Å². The number of hydrogen-bond acceptors (Lipinski definition) is 2. The van der Waals surface area contributed by atoms with Gasteiger partial charge in [-0.05, 0) is 30.4 Å². The SMILES string of the molecule is CCN(CCCO)C(=O)c1ccccc1C(C)(C)C. The van der Waals surface area contributed by atoms with E-state index in [2.05, 4.69) is 20.8 Å². The highest BCUT2D eigenvalue weighted by atomic mass is 16.3. The summed E-state index contributed by atoms with van der Waals surface area (Å²) in [5.41, 5.74) is 1.79. The Balaban J connectivity index is 3.05. The summed E-state index contributed by atoms with van der Waals surface area (Å²) in [7, 11) is 0. The molecule has 1 rings (SSSR count). The second-order valence-corrected chi connectivity index (χ2v) is 5.76. The smallest absolute Gasteiger partial charge is 0.254 e. The third kappa shape index (κ3) is 4.06. The first-order chi connectivity index (χ1) is 8.91. The van der Waals surface area contributed by atoms with Crippen LogP contribution in [0.25, 0.3) is 0 Å². The van der Waals surface area contributed by atoms with Crippen LogP contribution in [0, 0.1) is 0 Å². The average Bonchev–Trinajstić information content (AvgIpc) is 2.38. The molecule has 0 radical (unpaired) electrons. The molecule has 0 saturated heterocycles. The number of amides is 1. The fraction of sp³-hybridized carbons (Fsp3) is 0.562. The van der Waals surface area contributed by atoms with Crippen LogP contribution in [-0.4, -0.2) is 35.6 Å². The van der Waals surface area contributed by atoms with Crippen LogP contribution >= 0.6 is 0 Å². The molecule has 0 heterocycles. The summed E-state index contributed by atoms with van der Waals surface area (Å²) in [5, 5.41) is 8.91. The minimum absolute atomic E-state index is 0.0529. The second kappa shape index (κ2) is 6.71.